The molecule has 6 nitrogen and oxygen atoms in total. The quantitative estimate of drug-likeness (QED) is 0.927. The van der Waals surface area contributed by atoms with Crippen LogP contribution in [0.15, 0.2) is 17.0 Å². The van der Waals surface area contributed by atoms with E-state index in [2.05, 4.69) is 32.0 Å². The molecule has 3 heterocycles. The Morgan fingerprint density at radius 3 is 3.00 bits per heavy atom. The fraction of sp³-hybridized carbons (Fsp3) is 0.500. The molecule has 0 bridgehead atoms. The molecule has 2 aromatic rings. The van der Waals surface area contributed by atoms with Gasteiger partial charge in [-0.05, 0) is 6.92 Å². The van der Waals surface area contributed by atoms with Crippen molar-refractivity contribution in [2.24, 2.45) is 0 Å². The van der Waals surface area contributed by atoms with Crippen LogP contribution in [0.2, 0.25) is 0 Å². The van der Waals surface area contributed by atoms with Crippen molar-refractivity contribution in [3.8, 4) is 0 Å². The normalized spacial score (nSPS) is 19.4. The molecule has 3 rings (SSSR count). The number of thiazole rings is 2. The number of anilines is 2. The Labute approximate surface area is 137 Å². The Balaban J connectivity index is 1.56. The Morgan fingerprint density at radius 1 is 1.45 bits per heavy atom. The van der Waals surface area contributed by atoms with Crippen LogP contribution in [0, 0.1) is 0 Å². The number of hydrogen-bond donors (Lipinski definition) is 1. The number of aromatic nitrogens is 2. The first-order valence-corrected chi connectivity index (χ1v) is 8.98. The number of piperazine rings is 1. The van der Waals surface area contributed by atoms with Crippen molar-refractivity contribution < 1.29 is 4.79 Å². The maximum Gasteiger partial charge on any atom is 0.223 e. The van der Waals surface area contributed by atoms with Crippen molar-refractivity contribution in [1.82, 2.24) is 14.9 Å². The summed E-state index contributed by atoms with van der Waals surface area (Å²) in [5, 5.41) is 8.55. The monoisotopic (exact) mass is 337 g/mol. The van der Waals surface area contributed by atoms with E-state index in [-0.39, 0.29) is 5.91 Å². The summed E-state index contributed by atoms with van der Waals surface area (Å²) in [4.78, 5) is 24.7. The highest BCUT2D eigenvalue weighted by molar-refractivity contribution is 7.14. The largest absolute Gasteiger partial charge is 0.343 e. The number of nitrogens with one attached hydrogen (secondary N) is 1. The molecular formula is C14H19N5OS2. The number of hydrogen-bond acceptors (Lipinski definition) is 7. The van der Waals surface area contributed by atoms with Gasteiger partial charge in [0.15, 0.2) is 10.3 Å². The summed E-state index contributed by atoms with van der Waals surface area (Å²) in [5.41, 5.74) is 1.02. The molecule has 1 unspecified atom stereocenters. The third-order valence-corrected chi connectivity index (χ3v) is 5.21. The second-order valence-corrected chi connectivity index (χ2v) is 7.15. The topological polar surface area (TPSA) is 61.4 Å². The van der Waals surface area contributed by atoms with Crippen LogP contribution in [-0.4, -0.2) is 46.5 Å². The Kier molecular flexibility index (Phi) is 4.70. The summed E-state index contributed by atoms with van der Waals surface area (Å²) in [7, 11) is 0. The molecular weight excluding hydrogens is 318 g/mol. The van der Waals surface area contributed by atoms with Gasteiger partial charge in [-0.15, -0.1) is 22.7 Å². The van der Waals surface area contributed by atoms with Gasteiger partial charge in [0.05, 0.1) is 5.69 Å². The van der Waals surface area contributed by atoms with Crippen molar-refractivity contribution in [2.45, 2.75) is 26.4 Å². The standard InChI is InChI=1S/C14H19N5OS2/c1-10-7-18(4-5-19(10)14-15-3-6-21-14)8-12-9-22-13(17-12)16-11(2)20/h3,6,9-10H,4-5,7-8H2,1-2H3,(H,16,17,20). The zero-order valence-electron chi connectivity index (χ0n) is 12.7. The Morgan fingerprint density at radius 2 is 2.32 bits per heavy atom. The van der Waals surface area contributed by atoms with E-state index in [0.29, 0.717) is 11.2 Å². The number of carbonyl (C=O) groups is 1. The van der Waals surface area contributed by atoms with Gasteiger partial charge in [0.1, 0.15) is 0 Å². The van der Waals surface area contributed by atoms with Gasteiger partial charge in [-0.3, -0.25) is 9.69 Å². The summed E-state index contributed by atoms with van der Waals surface area (Å²) in [5.74, 6) is -0.0772. The van der Waals surface area contributed by atoms with Gasteiger partial charge in [-0.1, -0.05) is 0 Å². The van der Waals surface area contributed by atoms with Gasteiger partial charge in [0, 0.05) is 56.1 Å². The molecule has 0 spiro atoms. The van der Waals surface area contributed by atoms with Crippen molar-refractivity contribution in [3.05, 3.63) is 22.7 Å². The van der Waals surface area contributed by atoms with Crippen molar-refractivity contribution in [3.63, 3.8) is 0 Å². The molecule has 1 fully saturated rings. The molecule has 0 radical (unpaired) electrons. The van der Waals surface area contributed by atoms with Crippen LogP contribution in [0.25, 0.3) is 0 Å². The number of amides is 1. The van der Waals surface area contributed by atoms with E-state index < -0.39 is 0 Å². The molecule has 0 aliphatic carbocycles. The van der Waals surface area contributed by atoms with Gasteiger partial charge in [0.25, 0.3) is 0 Å². The minimum absolute atomic E-state index is 0.0772. The van der Waals surface area contributed by atoms with Gasteiger partial charge in [-0.2, -0.15) is 0 Å². The minimum atomic E-state index is -0.0772. The van der Waals surface area contributed by atoms with E-state index in [1.807, 2.05) is 17.0 Å². The fourth-order valence-electron chi connectivity index (χ4n) is 2.64. The number of nitrogens with zero attached hydrogens (tertiary/aromatic N) is 4. The first-order chi connectivity index (χ1) is 10.6. The predicted molar refractivity (Wildman–Crippen MR) is 90.6 cm³/mol. The molecule has 2 aromatic heterocycles. The van der Waals surface area contributed by atoms with Crippen LogP contribution in [0.4, 0.5) is 10.3 Å². The first-order valence-electron chi connectivity index (χ1n) is 7.22. The minimum Gasteiger partial charge on any atom is -0.343 e. The van der Waals surface area contributed by atoms with Crippen molar-refractivity contribution in [1.29, 1.82) is 0 Å². The Bertz CT molecular complexity index is 627. The first kappa shape index (κ1) is 15.4. The Hall–Kier alpha value is -1.51. The third kappa shape index (κ3) is 3.63. The predicted octanol–water partition coefficient (Wildman–Crippen LogP) is 2.27. The molecule has 118 valence electrons. The zero-order valence-corrected chi connectivity index (χ0v) is 14.3. The van der Waals surface area contributed by atoms with Crippen molar-refractivity contribution >= 4 is 38.8 Å². The average Bonchev–Trinajstić information content (AvgIpc) is 3.10. The molecule has 22 heavy (non-hydrogen) atoms. The number of rotatable bonds is 4. The summed E-state index contributed by atoms with van der Waals surface area (Å²) in [6.07, 6.45) is 1.86. The summed E-state index contributed by atoms with van der Waals surface area (Å²) < 4.78 is 0. The van der Waals surface area contributed by atoms with Gasteiger partial charge < -0.3 is 10.2 Å². The lowest BCUT2D eigenvalue weighted by Crippen LogP contribution is -2.51. The summed E-state index contributed by atoms with van der Waals surface area (Å²) in [6.45, 7) is 7.53. The average molecular weight is 337 g/mol. The van der Waals surface area contributed by atoms with E-state index in [4.69, 9.17) is 0 Å². The zero-order chi connectivity index (χ0) is 15.5. The highest BCUT2D eigenvalue weighted by Crippen LogP contribution is 2.24. The van der Waals surface area contributed by atoms with Crippen LogP contribution in [0.1, 0.15) is 19.5 Å². The van der Waals surface area contributed by atoms with Crippen LogP contribution in [0.3, 0.4) is 0 Å². The second kappa shape index (κ2) is 6.72. The summed E-state index contributed by atoms with van der Waals surface area (Å²) in [6, 6.07) is 0.438. The van der Waals surface area contributed by atoms with Crippen LogP contribution < -0.4 is 10.2 Å². The molecule has 1 amide bonds. The molecule has 1 aliphatic rings. The van der Waals surface area contributed by atoms with Gasteiger partial charge in [0.2, 0.25) is 5.91 Å². The summed E-state index contributed by atoms with van der Waals surface area (Å²) >= 11 is 3.17. The maximum atomic E-state index is 11.0. The molecule has 0 saturated carbocycles. The molecule has 8 heteroatoms. The highest BCUT2D eigenvalue weighted by Gasteiger charge is 2.25. The molecule has 1 N–H and O–H groups in total. The maximum absolute atomic E-state index is 11.0. The highest BCUT2D eigenvalue weighted by atomic mass is 32.1. The van der Waals surface area contributed by atoms with Crippen molar-refractivity contribution in [2.75, 3.05) is 29.9 Å². The van der Waals surface area contributed by atoms with E-state index in [9.17, 15) is 4.79 Å². The van der Waals surface area contributed by atoms with E-state index >= 15 is 0 Å². The lowest BCUT2D eigenvalue weighted by molar-refractivity contribution is -0.114. The van der Waals surface area contributed by atoms with Gasteiger partial charge in [-0.25, -0.2) is 9.97 Å². The van der Waals surface area contributed by atoms with Gasteiger partial charge >= 0.3 is 0 Å². The lowest BCUT2D eigenvalue weighted by Gasteiger charge is -2.39. The fourth-order valence-corrected chi connectivity index (χ4v) is 4.15. The number of carbonyl (C=O) groups excluding carboxylic acids is 1. The molecule has 1 saturated heterocycles. The van der Waals surface area contributed by atoms with Crippen LogP contribution in [0.5, 0.6) is 0 Å². The SMILES string of the molecule is CC(=O)Nc1nc(CN2CCN(c3nccs3)C(C)C2)cs1. The molecule has 1 atom stereocenters. The molecule has 0 aromatic carbocycles. The van der Waals surface area contributed by atoms with Crippen LogP contribution in [-0.2, 0) is 11.3 Å². The lowest BCUT2D eigenvalue weighted by atomic mass is 10.2. The van der Waals surface area contributed by atoms with E-state index in [0.717, 1.165) is 37.0 Å². The molecule has 1 aliphatic heterocycles. The third-order valence-electron chi connectivity index (χ3n) is 3.60. The van der Waals surface area contributed by atoms with Crippen LogP contribution >= 0.6 is 22.7 Å². The van der Waals surface area contributed by atoms with E-state index in [1.165, 1.54) is 18.3 Å². The smallest absolute Gasteiger partial charge is 0.223 e. The van der Waals surface area contributed by atoms with E-state index in [1.54, 1.807) is 11.3 Å². The second-order valence-electron chi connectivity index (χ2n) is 5.42.